The lowest BCUT2D eigenvalue weighted by Gasteiger charge is -2.23. The van der Waals surface area contributed by atoms with Gasteiger partial charge in [0.2, 0.25) is 0 Å². The van der Waals surface area contributed by atoms with Gasteiger partial charge in [-0.1, -0.05) is 51.9 Å². The molecule has 2 nitrogen and oxygen atoms in total. The van der Waals surface area contributed by atoms with Crippen LogP contribution in [0.25, 0.3) is 0 Å². The molecule has 15 heavy (non-hydrogen) atoms. The molecule has 0 aromatic heterocycles. The molecule has 1 unspecified atom stereocenters. The highest BCUT2D eigenvalue weighted by Crippen LogP contribution is 2.14. The molecule has 0 saturated heterocycles. The molecule has 0 bridgehead atoms. The van der Waals surface area contributed by atoms with E-state index in [9.17, 15) is 0 Å². The minimum absolute atomic E-state index is 0.127. The van der Waals surface area contributed by atoms with E-state index >= 15 is 0 Å². The van der Waals surface area contributed by atoms with Gasteiger partial charge in [0.1, 0.15) is 0 Å². The molecule has 1 atom stereocenters. The third-order valence-corrected chi connectivity index (χ3v) is 2.83. The summed E-state index contributed by atoms with van der Waals surface area (Å²) < 4.78 is 5.09. The molecule has 2 heteroatoms. The maximum Gasteiger partial charge on any atom is 0.0639 e. The molecule has 0 aromatic rings. The van der Waals surface area contributed by atoms with Gasteiger partial charge < -0.3 is 10.5 Å². The second-order valence-corrected chi connectivity index (χ2v) is 4.96. The predicted molar refractivity (Wildman–Crippen MR) is 67.1 cm³/mol. The van der Waals surface area contributed by atoms with Gasteiger partial charge >= 0.3 is 0 Å². The van der Waals surface area contributed by atoms with Crippen LogP contribution in [-0.4, -0.2) is 19.3 Å². The summed E-state index contributed by atoms with van der Waals surface area (Å²) in [4.78, 5) is 0. The summed E-state index contributed by atoms with van der Waals surface area (Å²) in [6, 6.07) is 0. The van der Waals surface area contributed by atoms with Crippen LogP contribution in [0.1, 0.15) is 65.2 Å². The van der Waals surface area contributed by atoms with Crippen molar-refractivity contribution < 1.29 is 4.74 Å². The van der Waals surface area contributed by atoms with Gasteiger partial charge in [-0.05, 0) is 13.3 Å². The standard InChI is InChI=1S/C13H29NO/c1-4-5-6-7-8-9-10-11-13(2,14)12-15-3/h4-12,14H2,1-3H3. The molecule has 0 spiro atoms. The Labute approximate surface area is 95.6 Å². The van der Waals surface area contributed by atoms with Crippen molar-refractivity contribution in [1.29, 1.82) is 0 Å². The van der Waals surface area contributed by atoms with E-state index in [0.29, 0.717) is 6.61 Å². The number of ether oxygens (including phenoxy) is 1. The Morgan fingerprint density at radius 2 is 1.53 bits per heavy atom. The fourth-order valence-electron chi connectivity index (χ4n) is 1.89. The van der Waals surface area contributed by atoms with E-state index in [4.69, 9.17) is 10.5 Å². The third kappa shape index (κ3) is 10.2. The first-order chi connectivity index (χ1) is 7.12. The fourth-order valence-corrected chi connectivity index (χ4v) is 1.89. The quantitative estimate of drug-likeness (QED) is 0.566. The first-order valence-corrected chi connectivity index (χ1v) is 6.40. The van der Waals surface area contributed by atoms with Gasteiger partial charge in [-0.25, -0.2) is 0 Å². The average Bonchev–Trinajstić information content (AvgIpc) is 2.16. The highest BCUT2D eigenvalue weighted by Gasteiger charge is 2.16. The molecule has 0 fully saturated rings. The van der Waals surface area contributed by atoms with E-state index in [1.54, 1.807) is 7.11 Å². The van der Waals surface area contributed by atoms with Crippen LogP contribution in [0.4, 0.5) is 0 Å². The molecule has 0 aliphatic heterocycles. The molecular formula is C13H29NO. The summed E-state index contributed by atoms with van der Waals surface area (Å²) in [5, 5.41) is 0. The summed E-state index contributed by atoms with van der Waals surface area (Å²) in [6.45, 7) is 5.00. The topological polar surface area (TPSA) is 35.2 Å². The Kier molecular flexibility index (Phi) is 9.12. The number of hydrogen-bond acceptors (Lipinski definition) is 2. The van der Waals surface area contributed by atoms with Crippen LogP contribution in [0.15, 0.2) is 0 Å². The van der Waals surface area contributed by atoms with Crippen LogP contribution in [0.2, 0.25) is 0 Å². The van der Waals surface area contributed by atoms with Crippen LogP contribution in [0, 0.1) is 0 Å². The van der Waals surface area contributed by atoms with Gasteiger partial charge in [0.05, 0.1) is 6.61 Å². The SMILES string of the molecule is CCCCCCCCCC(C)(N)COC. The van der Waals surface area contributed by atoms with E-state index < -0.39 is 0 Å². The molecule has 0 aliphatic rings. The predicted octanol–water partition coefficient (Wildman–Crippen LogP) is 3.49. The second-order valence-electron chi connectivity index (χ2n) is 4.96. The molecule has 92 valence electrons. The van der Waals surface area contributed by atoms with Crippen LogP contribution < -0.4 is 5.73 Å². The molecule has 0 heterocycles. The molecule has 0 rings (SSSR count). The van der Waals surface area contributed by atoms with Crippen molar-refractivity contribution in [2.45, 2.75) is 70.8 Å². The first-order valence-electron chi connectivity index (χ1n) is 6.40. The van der Waals surface area contributed by atoms with Gasteiger partial charge in [-0.3, -0.25) is 0 Å². The number of hydrogen-bond donors (Lipinski definition) is 1. The second kappa shape index (κ2) is 9.17. The van der Waals surface area contributed by atoms with Crippen molar-refractivity contribution in [3.05, 3.63) is 0 Å². The van der Waals surface area contributed by atoms with E-state index in [-0.39, 0.29) is 5.54 Å². The molecule has 0 aromatic carbocycles. The smallest absolute Gasteiger partial charge is 0.0639 e. The minimum atomic E-state index is -0.127. The number of unbranched alkanes of at least 4 members (excludes halogenated alkanes) is 6. The summed E-state index contributed by atoms with van der Waals surface area (Å²) in [6.07, 6.45) is 10.5. The Balaban J connectivity index is 3.22. The maximum absolute atomic E-state index is 6.06. The zero-order valence-electron chi connectivity index (χ0n) is 10.8. The van der Waals surface area contributed by atoms with Crippen molar-refractivity contribution in [3.63, 3.8) is 0 Å². The third-order valence-electron chi connectivity index (χ3n) is 2.83. The highest BCUT2D eigenvalue weighted by atomic mass is 16.5. The van der Waals surface area contributed by atoms with Gasteiger partial charge in [-0.15, -0.1) is 0 Å². The Bertz CT molecular complexity index is 134. The monoisotopic (exact) mass is 215 g/mol. The molecule has 0 aliphatic carbocycles. The number of rotatable bonds is 10. The molecular weight excluding hydrogens is 186 g/mol. The lowest BCUT2D eigenvalue weighted by molar-refractivity contribution is 0.134. The summed E-state index contributed by atoms with van der Waals surface area (Å²) in [5.74, 6) is 0. The Morgan fingerprint density at radius 3 is 2.07 bits per heavy atom. The van der Waals surface area contributed by atoms with Gasteiger partial charge in [-0.2, -0.15) is 0 Å². The van der Waals surface area contributed by atoms with Crippen LogP contribution in [0.5, 0.6) is 0 Å². The highest BCUT2D eigenvalue weighted by molar-refractivity contribution is 4.77. The lowest BCUT2D eigenvalue weighted by Crippen LogP contribution is -2.40. The average molecular weight is 215 g/mol. The van der Waals surface area contributed by atoms with Crippen molar-refractivity contribution in [2.75, 3.05) is 13.7 Å². The van der Waals surface area contributed by atoms with E-state index in [1.165, 1.54) is 44.9 Å². The lowest BCUT2D eigenvalue weighted by atomic mass is 9.96. The molecule has 0 amide bonds. The number of methoxy groups -OCH3 is 1. The maximum atomic E-state index is 6.06. The van der Waals surface area contributed by atoms with Gasteiger partial charge in [0, 0.05) is 12.6 Å². The fraction of sp³-hybridized carbons (Fsp3) is 1.00. The largest absolute Gasteiger partial charge is 0.383 e. The molecule has 0 radical (unpaired) electrons. The van der Waals surface area contributed by atoms with Crippen molar-refractivity contribution in [1.82, 2.24) is 0 Å². The van der Waals surface area contributed by atoms with E-state index in [1.807, 2.05) is 0 Å². The van der Waals surface area contributed by atoms with E-state index in [0.717, 1.165) is 6.42 Å². The van der Waals surface area contributed by atoms with Crippen molar-refractivity contribution in [2.24, 2.45) is 5.73 Å². The zero-order chi connectivity index (χ0) is 11.6. The molecule has 2 N–H and O–H groups in total. The Morgan fingerprint density at radius 1 is 1.00 bits per heavy atom. The number of nitrogens with two attached hydrogens (primary N) is 1. The van der Waals surface area contributed by atoms with Gasteiger partial charge in [0.15, 0.2) is 0 Å². The summed E-state index contributed by atoms with van der Waals surface area (Å²) in [5.41, 5.74) is 5.94. The zero-order valence-corrected chi connectivity index (χ0v) is 10.8. The van der Waals surface area contributed by atoms with Crippen molar-refractivity contribution in [3.8, 4) is 0 Å². The van der Waals surface area contributed by atoms with E-state index in [2.05, 4.69) is 13.8 Å². The molecule has 0 saturated carbocycles. The minimum Gasteiger partial charge on any atom is -0.383 e. The summed E-state index contributed by atoms with van der Waals surface area (Å²) >= 11 is 0. The normalized spacial score (nSPS) is 15.2. The first kappa shape index (κ1) is 14.9. The van der Waals surface area contributed by atoms with Crippen LogP contribution in [0.3, 0.4) is 0 Å². The van der Waals surface area contributed by atoms with Gasteiger partial charge in [0.25, 0.3) is 0 Å². The summed E-state index contributed by atoms with van der Waals surface area (Å²) in [7, 11) is 1.72. The van der Waals surface area contributed by atoms with Crippen LogP contribution >= 0.6 is 0 Å². The Hall–Kier alpha value is -0.0800. The van der Waals surface area contributed by atoms with Crippen LogP contribution in [-0.2, 0) is 4.74 Å². The van der Waals surface area contributed by atoms with Crippen molar-refractivity contribution >= 4 is 0 Å².